The lowest BCUT2D eigenvalue weighted by atomic mass is 10.2. The summed E-state index contributed by atoms with van der Waals surface area (Å²) in [5, 5.41) is 2.89. The second-order valence-electron chi connectivity index (χ2n) is 6.83. The summed E-state index contributed by atoms with van der Waals surface area (Å²) in [6, 6.07) is 13.4. The summed E-state index contributed by atoms with van der Waals surface area (Å²) < 4.78 is 30.6. The second kappa shape index (κ2) is 9.97. The van der Waals surface area contributed by atoms with Crippen molar-refractivity contribution in [3.05, 3.63) is 87.8 Å². The van der Waals surface area contributed by atoms with Gasteiger partial charge in [0.2, 0.25) is 0 Å². The van der Waals surface area contributed by atoms with Gasteiger partial charge in [-0.05, 0) is 42.1 Å². The topological polar surface area (TPSA) is 57.7 Å². The Labute approximate surface area is 193 Å². The molecule has 0 bridgehead atoms. The van der Waals surface area contributed by atoms with E-state index in [0.29, 0.717) is 34.2 Å². The fourth-order valence-corrected chi connectivity index (χ4v) is 4.46. The highest BCUT2D eigenvalue weighted by molar-refractivity contribution is 7.17. The van der Waals surface area contributed by atoms with Gasteiger partial charge in [-0.15, -0.1) is 11.3 Å². The van der Waals surface area contributed by atoms with E-state index in [1.165, 1.54) is 29.7 Å². The van der Waals surface area contributed by atoms with Crippen LogP contribution >= 0.6 is 22.9 Å². The van der Waals surface area contributed by atoms with Gasteiger partial charge >= 0.3 is 5.97 Å². The molecule has 2 aromatic carbocycles. The monoisotopic (exact) mass is 471 g/mol. The van der Waals surface area contributed by atoms with Gasteiger partial charge in [0.05, 0.1) is 16.9 Å². The maximum atomic E-state index is 13.0. The molecule has 0 atom stereocenters. The lowest BCUT2D eigenvalue weighted by molar-refractivity contribution is 0.0528. The van der Waals surface area contributed by atoms with E-state index in [9.17, 15) is 9.18 Å². The summed E-state index contributed by atoms with van der Waals surface area (Å²) in [5.74, 6) is 0.537. The zero-order valence-electron chi connectivity index (χ0n) is 17.1. The van der Waals surface area contributed by atoms with Crippen LogP contribution in [0.4, 0.5) is 4.39 Å². The second-order valence-corrected chi connectivity index (χ2v) is 8.06. The van der Waals surface area contributed by atoms with Crippen molar-refractivity contribution in [2.45, 2.75) is 20.1 Å². The molecule has 2 aromatic heterocycles. The van der Waals surface area contributed by atoms with Crippen molar-refractivity contribution in [2.24, 2.45) is 0 Å². The van der Waals surface area contributed by atoms with E-state index in [4.69, 9.17) is 25.8 Å². The Balaban J connectivity index is 1.46. The van der Waals surface area contributed by atoms with E-state index in [2.05, 4.69) is 4.98 Å². The van der Waals surface area contributed by atoms with Gasteiger partial charge in [0.15, 0.2) is 0 Å². The molecule has 4 rings (SSSR count). The van der Waals surface area contributed by atoms with Crippen LogP contribution in [0.1, 0.15) is 28.4 Å². The van der Waals surface area contributed by atoms with Crippen LogP contribution in [0.5, 0.6) is 11.5 Å². The molecule has 0 aliphatic heterocycles. The van der Waals surface area contributed by atoms with Crippen molar-refractivity contribution < 1.29 is 23.4 Å². The van der Waals surface area contributed by atoms with E-state index < -0.39 is 5.97 Å². The van der Waals surface area contributed by atoms with Gasteiger partial charge in [0.25, 0.3) is 0 Å². The molecule has 0 saturated carbocycles. The first-order chi connectivity index (χ1) is 15.5. The SMILES string of the molecule is CCOC(=O)c1cnc(Cl)c2c(COc3cccc(OCc4ccc(F)cc4)c3)csc12. The van der Waals surface area contributed by atoms with Crippen LogP contribution in [0, 0.1) is 5.82 Å². The first kappa shape index (κ1) is 22.0. The largest absolute Gasteiger partial charge is 0.489 e. The minimum Gasteiger partial charge on any atom is -0.489 e. The quantitative estimate of drug-likeness (QED) is 0.219. The molecule has 0 spiro atoms. The first-order valence-electron chi connectivity index (χ1n) is 9.87. The average Bonchev–Trinajstić information content (AvgIpc) is 3.23. The number of fused-ring (bicyclic) bond motifs is 1. The van der Waals surface area contributed by atoms with E-state index in [1.54, 1.807) is 25.1 Å². The Morgan fingerprint density at radius 1 is 1.09 bits per heavy atom. The molecule has 0 aliphatic rings. The third kappa shape index (κ3) is 5.00. The minimum atomic E-state index is -0.429. The molecule has 164 valence electrons. The first-order valence-corrected chi connectivity index (χ1v) is 11.1. The summed E-state index contributed by atoms with van der Waals surface area (Å²) >= 11 is 7.72. The number of carbonyl (C=O) groups is 1. The zero-order valence-corrected chi connectivity index (χ0v) is 18.7. The highest BCUT2D eigenvalue weighted by atomic mass is 35.5. The molecular formula is C24H19ClFNO4S. The van der Waals surface area contributed by atoms with Gasteiger partial charge in [-0.25, -0.2) is 14.2 Å². The predicted molar refractivity (Wildman–Crippen MR) is 122 cm³/mol. The minimum absolute atomic E-state index is 0.245. The normalized spacial score (nSPS) is 10.8. The number of aromatic nitrogens is 1. The highest BCUT2D eigenvalue weighted by Crippen LogP contribution is 2.34. The molecule has 0 amide bonds. The molecule has 0 N–H and O–H groups in total. The van der Waals surface area contributed by atoms with Crippen molar-refractivity contribution in [1.82, 2.24) is 4.98 Å². The van der Waals surface area contributed by atoms with Crippen molar-refractivity contribution in [3.63, 3.8) is 0 Å². The summed E-state index contributed by atoms with van der Waals surface area (Å²) in [6.07, 6.45) is 1.44. The van der Waals surface area contributed by atoms with Gasteiger partial charge in [0, 0.05) is 23.2 Å². The lowest BCUT2D eigenvalue weighted by Crippen LogP contribution is -2.05. The van der Waals surface area contributed by atoms with Crippen LogP contribution in [-0.2, 0) is 18.0 Å². The van der Waals surface area contributed by atoms with Gasteiger partial charge in [-0.3, -0.25) is 0 Å². The maximum absolute atomic E-state index is 13.0. The number of halogens is 2. The number of hydrogen-bond acceptors (Lipinski definition) is 6. The number of pyridine rings is 1. The Bertz CT molecular complexity index is 1240. The summed E-state index contributed by atoms with van der Waals surface area (Å²) in [5.41, 5.74) is 2.08. The number of ether oxygens (including phenoxy) is 3. The molecule has 0 aliphatic carbocycles. The number of benzene rings is 2. The molecule has 2 heterocycles. The Morgan fingerprint density at radius 2 is 1.81 bits per heavy atom. The third-order valence-corrected chi connectivity index (χ3v) is 5.99. The molecule has 0 radical (unpaired) electrons. The number of nitrogens with zero attached hydrogens (tertiary/aromatic N) is 1. The molecule has 0 unspecified atom stereocenters. The van der Waals surface area contributed by atoms with Gasteiger partial charge < -0.3 is 14.2 Å². The van der Waals surface area contributed by atoms with E-state index >= 15 is 0 Å². The Kier molecular flexibility index (Phi) is 6.87. The Morgan fingerprint density at radius 3 is 2.53 bits per heavy atom. The maximum Gasteiger partial charge on any atom is 0.341 e. The molecule has 8 heteroatoms. The zero-order chi connectivity index (χ0) is 22.5. The van der Waals surface area contributed by atoms with Gasteiger partial charge in [0.1, 0.15) is 35.7 Å². The van der Waals surface area contributed by atoms with Crippen LogP contribution in [0.2, 0.25) is 5.15 Å². The Hall–Kier alpha value is -3.16. The van der Waals surface area contributed by atoms with Crippen LogP contribution in [0.25, 0.3) is 10.1 Å². The fraction of sp³-hybridized carbons (Fsp3) is 0.167. The molecule has 0 fully saturated rings. The highest BCUT2D eigenvalue weighted by Gasteiger charge is 2.18. The average molecular weight is 472 g/mol. The van der Waals surface area contributed by atoms with E-state index in [0.717, 1.165) is 15.8 Å². The van der Waals surface area contributed by atoms with Crippen molar-refractivity contribution in [3.8, 4) is 11.5 Å². The summed E-state index contributed by atoms with van der Waals surface area (Å²) in [7, 11) is 0. The van der Waals surface area contributed by atoms with Crippen LogP contribution in [0.15, 0.2) is 60.1 Å². The number of esters is 1. The molecular weight excluding hydrogens is 453 g/mol. The molecule has 32 heavy (non-hydrogen) atoms. The molecule has 5 nitrogen and oxygen atoms in total. The van der Waals surface area contributed by atoms with Crippen molar-refractivity contribution in [1.29, 1.82) is 0 Å². The molecule has 0 saturated heterocycles. The van der Waals surface area contributed by atoms with Gasteiger partial charge in [-0.2, -0.15) is 0 Å². The van der Waals surface area contributed by atoms with E-state index in [-0.39, 0.29) is 19.0 Å². The number of carbonyl (C=O) groups excluding carboxylic acids is 1. The van der Waals surface area contributed by atoms with Crippen molar-refractivity contribution >= 4 is 39.0 Å². The van der Waals surface area contributed by atoms with E-state index in [1.807, 2.05) is 23.6 Å². The third-order valence-electron chi connectivity index (χ3n) is 4.64. The van der Waals surface area contributed by atoms with Crippen LogP contribution < -0.4 is 9.47 Å². The number of hydrogen-bond donors (Lipinski definition) is 0. The fourth-order valence-electron chi connectivity index (χ4n) is 3.09. The van der Waals surface area contributed by atoms with Gasteiger partial charge in [-0.1, -0.05) is 29.8 Å². The molecule has 4 aromatic rings. The smallest absolute Gasteiger partial charge is 0.341 e. The van der Waals surface area contributed by atoms with Crippen LogP contribution in [-0.4, -0.2) is 17.6 Å². The van der Waals surface area contributed by atoms with Crippen LogP contribution in [0.3, 0.4) is 0 Å². The standard InChI is InChI=1S/C24H19ClFNO4S/c1-2-29-24(28)20-11-27-23(25)21-16(14-32-22(20)21)13-31-19-5-3-4-18(10-19)30-12-15-6-8-17(26)9-7-15/h3-11,14H,2,12-13H2,1H3. The number of rotatable bonds is 8. The summed E-state index contributed by atoms with van der Waals surface area (Å²) in [4.78, 5) is 16.4. The lowest BCUT2D eigenvalue weighted by Gasteiger charge is -2.10. The van der Waals surface area contributed by atoms with Crippen molar-refractivity contribution in [2.75, 3.05) is 6.61 Å². The number of thiophene rings is 1. The summed E-state index contributed by atoms with van der Waals surface area (Å²) in [6.45, 7) is 2.60. The predicted octanol–water partition coefficient (Wildman–Crippen LogP) is 6.42.